The van der Waals surface area contributed by atoms with Crippen molar-refractivity contribution in [1.29, 1.82) is 0 Å². The molecule has 0 atom stereocenters. The summed E-state index contributed by atoms with van der Waals surface area (Å²) in [5.41, 5.74) is 0. The number of benzene rings is 1. The Bertz CT molecular complexity index is 206. The third kappa shape index (κ3) is 1.90. The van der Waals surface area contributed by atoms with Crippen LogP contribution in [-0.2, 0) is 0 Å². The molecular weight excluding hydrogens is 126 g/mol. The van der Waals surface area contributed by atoms with Gasteiger partial charge in [0.25, 0.3) is 0 Å². The van der Waals surface area contributed by atoms with Crippen molar-refractivity contribution in [3.63, 3.8) is 0 Å². The summed E-state index contributed by atoms with van der Waals surface area (Å²) in [5.74, 6) is 0.813. The fourth-order valence-electron chi connectivity index (χ4n) is 0.613. The van der Waals surface area contributed by atoms with E-state index < -0.39 is 0 Å². The maximum atomic E-state index is 5.06. The van der Waals surface area contributed by atoms with E-state index in [4.69, 9.17) is 4.74 Å². The fourth-order valence-corrected chi connectivity index (χ4v) is 0.613. The molecule has 0 aliphatic carbocycles. The Morgan fingerprint density at radius 2 is 2.00 bits per heavy atom. The van der Waals surface area contributed by atoms with Gasteiger partial charge in [0, 0.05) is 7.05 Å². The Hall–Kier alpha value is -1.31. The van der Waals surface area contributed by atoms with Gasteiger partial charge in [-0.3, -0.25) is 4.99 Å². The van der Waals surface area contributed by atoms with Crippen LogP contribution >= 0.6 is 0 Å². The van der Waals surface area contributed by atoms with E-state index in [0.717, 1.165) is 5.75 Å². The van der Waals surface area contributed by atoms with Crippen LogP contribution in [0.2, 0.25) is 0 Å². The second kappa shape index (κ2) is 3.67. The van der Waals surface area contributed by atoms with Crippen LogP contribution in [0, 0.1) is 0 Å². The zero-order chi connectivity index (χ0) is 7.23. The SMILES string of the molecule is CN=COc1ccccc1. The van der Waals surface area contributed by atoms with Crippen LogP contribution < -0.4 is 4.74 Å². The van der Waals surface area contributed by atoms with Crippen molar-refractivity contribution in [2.45, 2.75) is 0 Å². The van der Waals surface area contributed by atoms with Gasteiger partial charge in [-0.2, -0.15) is 0 Å². The largest absolute Gasteiger partial charge is 0.446 e. The number of aliphatic imine (C=N–C) groups is 1. The molecule has 0 saturated carbocycles. The molecule has 0 bridgehead atoms. The molecule has 1 rings (SSSR count). The first kappa shape index (κ1) is 6.81. The highest BCUT2D eigenvalue weighted by atomic mass is 16.5. The van der Waals surface area contributed by atoms with Gasteiger partial charge >= 0.3 is 0 Å². The van der Waals surface area contributed by atoms with E-state index in [-0.39, 0.29) is 0 Å². The molecule has 0 saturated heterocycles. The van der Waals surface area contributed by atoms with Gasteiger partial charge in [0.05, 0.1) is 0 Å². The summed E-state index contributed by atoms with van der Waals surface area (Å²) in [4.78, 5) is 3.68. The van der Waals surface area contributed by atoms with Gasteiger partial charge in [-0.1, -0.05) is 18.2 Å². The Morgan fingerprint density at radius 1 is 1.30 bits per heavy atom. The van der Waals surface area contributed by atoms with Crippen LogP contribution in [0.3, 0.4) is 0 Å². The van der Waals surface area contributed by atoms with E-state index in [1.165, 1.54) is 6.40 Å². The molecule has 2 heteroatoms. The van der Waals surface area contributed by atoms with Crippen LogP contribution in [0.15, 0.2) is 35.3 Å². The van der Waals surface area contributed by atoms with E-state index in [9.17, 15) is 0 Å². The quantitative estimate of drug-likeness (QED) is 0.447. The number of ether oxygens (including phenoxy) is 1. The number of hydrogen-bond donors (Lipinski definition) is 0. The van der Waals surface area contributed by atoms with Gasteiger partial charge < -0.3 is 4.74 Å². The summed E-state index contributed by atoms with van der Waals surface area (Å²) in [6.45, 7) is 0. The molecule has 1 aromatic rings. The highest BCUT2D eigenvalue weighted by Crippen LogP contribution is 2.06. The summed E-state index contributed by atoms with van der Waals surface area (Å²) in [5, 5.41) is 0. The van der Waals surface area contributed by atoms with Crippen molar-refractivity contribution in [2.75, 3.05) is 7.05 Å². The van der Waals surface area contributed by atoms with Gasteiger partial charge in [0.2, 0.25) is 0 Å². The van der Waals surface area contributed by atoms with E-state index in [0.29, 0.717) is 0 Å². The summed E-state index contributed by atoms with van der Waals surface area (Å²) in [7, 11) is 1.67. The van der Waals surface area contributed by atoms with E-state index >= 15 is 0 Å². The van der Waals surface area contributed by atoms with Crippen molar-refractivity contribution < 1.29 is 4.74 Å². The molecule has 0 amide bonds. The van der Waals surface area contributed by atoms with Crippen LogP contribution in [0.25, 0.3) is 0 Å². The van der Waals surface area contributed by atoms with Crippen LogP contribution in [0.4, 0.5) is 0 Å². The summed E-state index contributed by atoms with van der Waals surface area (Å²) in [6, 6.07) is 9.52. The Morgan fingerprint density at radius 3 is 2.60 bits per heavy atom. The minimum absolute atomic E-state index is 0.813. The Balaban J connectivity index is 2.59. The van der Waals surface area contributed by atoms with Crippen molar-refractivity contribution in [3.8, 4) is 5.75 Å². The molecule has 0 fully saturated rings. The molecule has 0 heterocycles. The van der Waals surface area contributed by atoms with Crippen LogP contribution in [-0.4, -0.2) is 13.4 Å². The van der Waals surface area contributed by atoms with Crippen LogP contribution in [0.5, 0.6) is 5.75 Å². The number of nitrogens with zero attached hydrogens (tertiary/aromatic N) is 1. The maximum absolute atomic E-state index is 5.06. The molecule has 0 radical (unpaired) electrons. The third-order valence-electron chi connectivity index (χ3n) is 1.04. The lowest BCUT2D eigenvalue weighted by Gasteiger charge is -1.95. The predicted molar refractivity (Wildman–Crippen MR) is 41.5 cm³/mol. The van der Waals surface area contributed by atoms with E-state index in [1.807, 2.05) is 30.3 Å². The minimum atomic E-state index is 0.813. The molecule has 0 unspecified atom stereocenters. The lowest BCUT2D eigenvalue weighted by atomic mass is 10.3. The first-order valence-corrected chi connectivity index (χ1v) is 3.06. The van der Waals surface area contributed by atoms with Gasteiger partial charge in [-0.05, 0) is 12.1 Å². The average Bonchev–Trinajstić information content (AvgIpc) is 2.03. The van der Waals surface area contributed by atoms with Gasteiger partial charge in [-0.15, -0.1) is 0 Å². The lowest BCUT2D eigenvalue weighted by molar-refractivity contribution is 0.573. The molecule has 0 aromatic heterocycles. The monoisotopic (exact) mass is 135 g/mol. The average molecular weight is 135 g/mol. The number of para-hydroxylation sites is 1. The molecule has 52 valence electrons. The first-order valence-electron chi connectivity index (χ1n) is 3.06. The number of rotatable bonds is 2. The Labute approximate surface area is 60.2 Å². The molecule has 0 N–H and O–H groups in total. The minimum Gasteiger partial charge on any atom is -0.446 e. The van der Waals surface area contributed by atoms with Crippen molar-refractivity contribution in [1.82, 2.24) is 0 Å². The Kier molecular flexibility index (Phi) is 2.49. The highest BCUT2D eigenvalue weighted by molar-refractivity contribution is 5.51. The second-order valence-corrected chi connectivity index (χ2v) is 1.79. The van der Waals surface area contributed by atoms with Gasteiger partial charge in [-0.25, -0.2) is 0 Å². The van der Waals surface area contributed by atoms with E-state index in [2.05, 4.69) is 4.99 Å². The molecule has 10 heavy (non-hydrogen) atoms. The summed E-state index contributed by atoms with van der Waals surface area (Å²) >= 11 is 0. The van der Waals surface area contributed by atoms with E-state index in [1.54, 1.807) is 7.05 Å². The normalized spacial score (nSPS) is 10.1. The smallest absolute Gasteiger partial charge is 0.176 e. The zero-order valence-electron chi connectivity index (χ0n) is 5.82. The molecule has 0 aliphatic rings. The highest BCUT2D eigenvalue weighted by Gasteiger charge is 1.83. The zero-order valence-corrected chi connectivity index (χ0v) is 5.82. The van der Waals surface area contributed by atoms with Crippen molar-refractivity contribution in [2.24, 2.45) is 4.99 Å². The first-order chi connectivity index (χ1) is 4.93. The molecule has 0 aliphatic heterocycles. The molecule has 0 spiro atoms. The van der Waals surface area contributed by atoms with Gasteiger partial charge in [0.15, 0.2) is 6.40 Å². The number of hydrogen-bond acceptors (Lipinski definition) is 2. The van der Waals surface area contributed by atoms with Crippen LogP contribution in [0.1, 0.15) is 0 Å². The lowest BCUT2D eigenvalue weighted by Crippen LogP contribution is -1.87. The molecular formula is C8H9NO. The van der Waals surface area contributed by atoms with Gasteiger partial charge in [0.1, 0.15) is 5.75 Å². The molecule has 2 nitrogen and oxygen atoms in total. The molecule has 1 aromatic carbocycles. The summed E-state index contributed by atoms with van der Waals surface area (Å²) < 4.78 is 5.06. The van der Waals surface area contributed by atoms with Crippen molar-refractivity contribution in [3.05, 3.63) is 30.3 Å². The standard InChI is InChI=1S/C8H9NO/c1-9-7-10-8-5-3-2-4-6-8/h2-7H,1H3. The predicted octanol–water partition coefficient (Wildman–Crippen LogP) is 1.72. The maximum Gasteiger partial charge on any atom is 0.176 e. The summed E-state index contributed by atoms with van der Waals surface area (Å²) in [6.07, 6.45) is 1.41. The second-order valence-electron chi connectivity index (χ2n) is 1.79. The third-order valence-corrected chi connectivity index (χ3v) is 1.04. The topological polar surface area (TPSA) is 21.6 Å². The fraction of sp³-hybridized carbons (Fsp3) is 0.125. The van der Waals surface area contributed by atoms with Crippen molar-refractivity contribution >= 4 is 6.40 Å².